The van der Waals surface area contributed by atoms with E-state index in [0.717, 1.165) is 6.07 Å². The summed E-state index contributed by atoms with van der Waals surface area (Å²) in [5.41, 5.74) is -0.0138. The maximum absolute atomic E-state index is 12.0. The van der Waals surface area contributed by atoms with Gasteiger partial charge in [-0.2, -0.15) is 0 Å². The Bertz CT molecular complexity index is 603. The van der Waals surface area contributed by atoms with E-state index in [0.29, 0.717) is 6.61 Å². The quantitative estimate of drug-likeness (QED) is 0.736. The van der Waals surface area contributed by atoms with Crippen molar-refractivity contribution in [3.05, 3.63) is 22.7 Å². The summed E-state index contributed by atoms with van der Waals surface area (Å²) in [6.45, 7) is 0.576. The van der Waals surface area contributed by atoms with Crippen molar-refractivity contribution < 1.29 is 22.7 Å². The van der Waals surface area contributed by atoms with Crippen molar-refractivity contribution in [2.75, 3.05) is 27.4 Å². The molecule has 1 rings (SSSR count). The van der Waals surface area contributed by atoms with Crippen LogP contribution in [0.15, 0.2) is 17.0 Å². The van der Waals surface area contributed by atoms with Gasteiger partial charge in [0.15, 0.2) is 5.75 Å². The van der Waals surface area contributed by atoms with Gasteiger partial charge in [-0.15, -0.1) is 0 Å². The molecule has 112 valence electrons. The third-order valence-electron chi connectivity index (χ3n) is 2.37. The number of methoxy groups -OCH3 is 2. The number of rotatable bonds is 6. The summed E-state index contributed by atoms with van der Waals surface area (Å²) in [4.78, 5) is 11.6. The molecule has 9 heteroatoms. The number of amides is 1. The van der Waals surface area contributed by atoms with E-state index in [1.165, 1.54) is 20.3 Å². The topological polar surface area (TPSA) is 108 Å². The minimum atomic E-state index is -4.06. The van der Waals surface area contributed by atoms with Crippen molar-refractivity contribution in [2.24, 2.45) is 5.14 Å². The molecule has 1 aromatic carbocycles. The Balaban J connectivity index is 3.26. The number of benzene rings is 1. The van der Waals surface area contributed by atoms with E-state index in [2.05, 4.69) is 5.32 Å². The molecule has 7 nitrogen and oxygen atoms in total. The highest BCUT2D eigenvalue weighted by molar-refractivity contribution is 7.89. The van der Waals surface area contributed by atoms with Gasteiger partial charge in [0.2, 0.25) is 10.0 Å². The van der Waals surface area contributed by atoms with E-state index in [1.54, 1.807) is 0 Å². The molecule has 0 radical (unpaired) electrons. The predicted octanol–water partition coefficient (Wildman–Crippen LogP) is 0.372. The summed E-state index contributed by atoms with van der Waals surface area (Å²) in [6, 6.07) is 2.43. The Hall–Kier alpha value is -1.35. The average Bonchev–Trinajstić information content (AvgIpc) is 2.36. The monoisotopic (exact) mass is 322 g/mol. The highest BCUT2D eigenvalue weighted by Crippen LogP contribution is 2.31. The molecule has 0 atom stereocenters. The van der Waals surface area contributed by atoms with Crippen LogP contribution in [0.25, 0.3) is 0 Å². The summed E-state index contributed by atoms with van der Waals surface area (Å²) >= 11 is 5.81. The van der Waals surface area contributed by atoms with Gasteiger partial charge >= 0.3 is 0 Å². The fourth-order valence-electron chi connectivity index (χ4n) is 1.52. The van der Waals surface area contributed by atoms with Crippen molar-refractivity contribution >= 4 is 27.5 Å². The Morgan fingerprint density at radius 3 is 2.55 bits per heavy atom. The van der Waals surface area contributed by atoms with Crippen molar-refractivity contribution in [3.8, 4) is 5.75 Å². The number of hydrogen-bond donors (Lipinski definition) is 2. The Labute approximate surface area is 122 Å². The minimum Gasteiger partial charge on any atom is -0.494 e. The number of nitrogens with two attached hydrogens (primary N) is 1. The Morgan fingerprint density at radius 2 is 2.05 bits per heavy atom. The molecule has 0 saturated heterocycles. The number of primary sulfonamides is 1. The van der Waals surface area contributed by atoms with Crippen molar-refractivity contribution in [1.82, 2.24) is 5.32 Å². The summed E-state index contributed by atoms with van der Waals surface area (Å²) in [5.74, 6) is -0.682. The molecule has 0 unspecified atom stereocenters. The molecule has 0 heterocycles. The van der Waals surface area contributed by atoms with Gasteiger partial charge in [0.05, 0.1) is 19.3 Å². The third-order valence-corrected chi connectivity index (χ3v) is 3.50. The van der Waals surface area contributed by atoms with Crippen LogP contribution in [-0.2, 0) is 14.8 Å². The zero-order valence-corrected chi connectivity index (χ0v) is 12.5. The van der Waals surface area contributed by atoms with Gasteiger partial charge in [-0.3, -0.25) is 4.79 Å². The van der Waals surface area contributed by atoms with Gasteiger partial charge < -0.3 is 14.8 Å². The van der Waals surface area contributed by atoms with Crippen LogP contribution in [0, 0.1) is 0 Å². The second-order valence-electron chi connectivity index (χ2n) is 3.78. The number of carbonyl (C=O) groups excluding carboxylic acids is 1. The fourth-order valence-corrected chi connectivity index (χ4v) is 2.55. The molecule has 0 fully saturated rings. The molecule has 0 aliphatic heterocycles. The first-order chi connectivity index (χ1) is 9.31. The van der Waals surface area contributed by atoms with Crippen LogP contribution in [0.3, 0.4) is 0 Å². The number of ether oxygens (including phenoxy) is 2. The lowest BCUT2D eigenvalue weighted by atomic mass is 10.2. The van der Waals surface area contributed by atoms with Crippen LogP contribution in [0.1, 0.15) is 10.4 Å². The molecule has 0 aliphatic rings. The van der Waals surface area contributed by atoms with Crippen LogP contribution in [0.4, 0.5) is 0 Å². The maximum atomic E-state index is 12.0. The summed E-state index contributed by atoms with van der Waals surface area (Å²) < 4.78 is 32.7. The average molecular weight is 323 g/mol. The van der Waals surface area contributed by atoms with Crippen molar-refractivity contribution in [3.63, 3.8) is 0 Å². The highest BCUT2D eigenvalue weighted by Gasteiger charge is 2.23. The van der Waals surface area contributed by atoms with E-state index in [4.69, 9.17) is 26.2 Å². The molecule has 0 spiro atoms. The predicted molar refractivity (Wildman–Crippen MR) is 73.6 cm³/mol. The van der Waals surface area contributed by atoms with E-state index < -0.39 is 15.9 Å². The zero-order valence-electron chi connectivity index (χ0n) is 11.0. The van der Waals surface area contributed by atoms with Gasteiger partial charge in [-0.25, -0.2) is 13.6 Å². The first-order valence-corrected chi connectivity index (χ1v) is 7.41. The molecule has 0 bridgehead atoms. The second-order valence-corrected chi connectivity index (χ2v) is 5.74. The standard InChI is InChI=1S/C11H15ClN2O5S/c1-18-4-3-14-11(15)8-5-7(12)6-9(10(8)19-2)20(13,16)17/h5-6H,3-4H2,1-2H3,(H,14,15)(H2,13,16,17). The number of carbonyl (C=O) groups is 1. The third kappa shape index (κ3) is 4.07. The van der Waals surface area contributed by atoms with E-state index in [-0.39, 0.29) is 27.8 Å². The van der Waals surface area contributed by atoms with Crippen LogP contribution in [0.2, 0.25) is 5.02 Å². The molecular formula is C11H15ClN2O5S. The normalized spacial score (nSPS) is 11.2. The fraction of sp³-hybridized carbons (Fsp3) is 0.364. The van der Waals surface area contributed by atoms with E-state index in [9.17, 15) is 13.2 Å². The molecule has 1 amide bonds. The number of hydrogen-bond acceptors (Lipinski definition) is 5. The van der Waals surface area contributed by atoms with Crippen LogP contribution in [0.5, 0.6) is 5.75 Å². The lowest BCUT2D eigenvalue weighted by Gasteiger charge is -2.13. The largest absolute Gasteiger partial charge is 0.494 e. The summed E-state index contributed by atoms with van der Waals surface area (Å²) in [7, 11) is -1.33. The van der Waals surface area contributed by atoms with Gasteiger partial charge in [-0.1, -0.05) is 11.6 Å². The van der Waals surface area contributed by atoms with E-state index >= 15 is 0 Å². The molecule has 1 aromatic rings. The van der Waals surface area contributed by atoms with Gasteiger partial charge in [0, 0.05) is 18.7 Å². The van der Waals surface area contributed by atoms with Crippen LogP contribution in [-0.4, -0.2) is 41.7 Å². The molecule has 3 N–H and O–H groups in total. The number of sulfonamides is 1. The van der Waals surface area contributed by atoms with Crippen molar-refractivity contribution in [1.29, 1.82) is 0 Å². The molecular weight excluding hydrogens is 308 g/mol. The summed E-state index contributed by atoms with van der Waals surface area (Å²) in [5, 5.41) is 7.68. The number of halogens is 1. The summed E-state index contributed by atoms with van der Waals surface area (Å²) in [6.07, 6.45) is 0. The molecule has 0 saturated carbocycles. The molecule has 20 heavy (non-hydrogen) atoms. The molecule has 0 aromatic heterocycles. The first kappa shape index (κ1) is 16.7. The lowest BCUT2D eigenvalue weighted by molar-refractivity contribution is 0.0933. The van der Waals surface area contributed by atoms with Gasteiger partial charge in [-0.05, 0) is 12.1 Å². The minimum absolute atomic E-state index is 0.0138. The van der Waals surface area contributed by atoms with Crippen molar-refractivity contribution in [2.45, 2.75) is 4.90 Å². The van der Waals surface area contributed by atoms with Crippen LogP contribution < -0.4 is 15.2 Å². The van der Waals surface area contributed by atoms with Gasteiger partial charge in [0.1, 0.15) is 4.90 Å². The smallest absolute Gasteiger partial charge is 0.255 e. The van der Waals surface area contributed by atoms with E-state index in [1.807, 2.05) is 0 Å². The maximum Gasteiger partial charge on any atom is 0.255 e. The first-order valence-electron chi connectivity index (χ1n) is 5.48. The SMILES string of the molecule is COCCNC(=O)c1cc(Cl)cc(S(N)(=O)=O)c1OC. The second kappa shape index (κ2) is 6.89. The zero-order chi connectivity index (χ0) is 15.3. The Morgan fingerprint density at radius 1 is 1.40 bits per heavy atom. The molecule has 0 aliphatic carbocycles. The lowest BCUT2D eigenvalue weighted by Crippen LogP contribution is -2.28. The van der Waals surface area contributed by atoms with Gasteiger partial charge in [0.25, 0.3) is 5.91 Å². The number of nitrogens with one attached hydrogen (secondary N) is 1. The Kier molecular flexibility index (Phi) is 5.75. The highest BCUT2D eigenvalue weighted by atomic mass is 35.5. The van der Waals surface area contributed by atoms with Crippen LogP contribution >= 0.6 is 11.6 Å².